The summed E-state index contributed by atoms with van der Waals surface area (Å²) in [6, 6.07) is 14.8. The number of hydrogen-bond acceptors (Lipinski definition) is 5. The summed E-state index contributed by atoms with van der Waals surface area (Å²) < 4.78 is 5.06. The third kappa shape index (κ3) is 6.11. The van der Waals surface area contributed by atoms with Crippen molar-refractivity contribution in [1.82, 2.24) is 5.32 Å². The van der Waals surface area contributed by atoms with E-state index in [4.69, 9.17) is 21.6 Å². The number of halogens is 1. The summed E-state index contributed by atoms with van der Waals surface area (Å²) in [6.45, 7) is 1.49. The number of nitrogens with zero attached hydrogens (tertiary/aromatic N) is 1. The molecule has 8 heteroatoms. The lowest BCUT2D eigenvalue weighted by molar-refractivity contribution is -0.153. The van der Waals surface area contributed by atoms with E-state index in [0.29, 0.717) is 21.8 Å². The van der Waals surface area contributed by atoms with Gasteiger partial charge in [0.2, 0.25) is 0 Å². The van der Waals surface area contributed by atoms with Crippen LogP contribution in [0, 0.1) is 11.3 Å². The molecule has 0 aliphatic rings. The van der Waals surface area contributed by atoms with Gasteiger partial charge in [0.25, 0.3) is 11.8 Å². The Morgan fingerprint density at radius 3 is 2.50 bits per heavy atom. The molecule has 0 fully saturated rings. The molecule has 0 radical (unpaired) electrons. The van der Waals surface area contributed by atoms with Gasteiger partial charge in [-0.2, -0.15) is 5.26 Å². The minimum atomic E-state index is -1.05. The third-order valence-electron chi connectivity index (χ3n) is 3.70. The lowest BCUT2D eigenvalue weighted by atomic mass is 10.2. The molecule has 0 heterocycles. The van der Waals surface area contributed by atoms with E-state index in [1.165, 1.54) is 6.92 Å². The fraction of sp³-hybridized carbons (Fsp3) is 0.200. The van der Waals surface area contributed by atoms with Crippen molar-refractivity contribution in [1.29, 1.82) is 5.26 Å². The van der Waals surface area contributed by atoms with E-state index < -0.39 is 18.0 Å². The second kappa shape index (κ2) is 10.1. The van der Waals surface area contributed by atoms with Gasteiger partial charge in [-0.3, -0.25) is 14.4 Å². The zero-order valence-electron chi connectivity index (χ0n) is 15.1. The van der Waals surface area contributed by atoms with E-state index in [-0.39, 0.29) is 18.9 Å². The van der Waals surface area contributed by atoms with Gasteiger partial charge in [0.1, 0.15) is 6.07 Å². The number of para-hydroxylation sites is 1. The quantitative estimate of drug-likeness (QED) is 0.696. The maximum absolute atomic E-state index is 12.1. The highest BCUT2D eigenvalue weighted by Gasteiger charge is 2.19. The van der Waals surface area contributed by atoms with Crippen molar-refractivity contribution in [2.24, 2.45) is 0 Å². The van der Waals surface area contributed by atoms with E-state index in [0.717, 1.165) is 0 Å². The molecule has 2 aromatic carbocycles. The highest BCUT2D eigenvalue weighted by Crippen LogP contribution is 2.14. The minimum absolute atomic E-state index is 0.0614. The molecule has 7 nitrogen and oxygen atoms in total. The Bertz CT molecular complexity index is 906. The zero-order chi connectivity index (χ0) is 20.5. The predicted molar refractivity (Wildman–Crippen MR) is 104 cm³/mol. The lowest BCUT2D eigenvalue weighted by Crippen LogP contribution is -2.32. The number of ether oxygens (including phenoxy) is 1. The van der Waals surface area contributed by atoms with Crippen LogP contribution in [0.1, 0.15) is 29.3 Å². The van der Waals surface area contributed by atoms with E-state index in [9.17, 15) is 14.4 Å². The first-order valence-corrected chi connectivity index (χ1v) is 8.81. The fourth-order valence-electron chi connectivity index (χ4n) is 2.22. The zero-order valence-corrected chi connectivity index (χ0v) is 15.8. The van der Waals surface area contributed by atoms with Crippen molar-refractivity contribution < 1.29 is 19.1 Å². The largest absolute Gasteiger partial charge is 0.452 e. The molecule has 0 saturated carbocycles. The van der Waals surface area contributed by atoms with Gasteiger partial charge in [0.05, 0.1) is 17.7 Å². The number of carbonyl (C=O) groups excluding carboxylic acids is 3. The number of nitriles is 1. The first kappa shape index (κ1) is 20.9. The lowest BCUT2D eigenvalue weighted by Gasteiger charge is -2.14. The normalized spacial score (nSPS) is 11.0. The Labute approximate surface area is 167 Å². The molecule has 0 aromatic heterocycles. The van der Waals surface area contributed by atoms with Gasteiger partial charge in [0.15, 0.2) is 6.10 Å². The van der Waals surface area contributed by atoms with Gasteiger partial charge in [-0.25, -0.2) is 0 Å². The van der Waals surface area contributed by atoms with E-state index in [1.807, 2.05) is 6.07 Å². The van der Waals surface area contributed by atoms with Crippen LogP contribution < -0.4 is 10.6 Å². The fourth-order valence-corrected chi connectivity index (χ4v) is 2.34. The predicted octanol–water partition coefficient (Wildman–Crippen LogP) is 2.90. The van der Waals surface area contributed by atoms with E-state index >= 15 is 0 Å². The Morgan fingerprint density at radius 1 is 1.14 bits per heavy atom. The van der Waals surface area contributed by atoms with E-state index in [2.05, 4.69) is 10.6 Å². The molecule has 144 valence electrons. The number of amides is 2. The number of carbonyl (C=O) groups is 3. The minimum Gasteiger partial charge on any atom is -0.452 e. The maximum Gasteiger partial charge on any atom is 0.308 e. The average Bonchev–Trinajstić information content (AvgIpc) is 2.68. The van der Waals surface area contributed by atoms with Gasteiger partial charge in [-0.15, -0.1) is 0 Å². The molecule has 0 saturated heterocycles. The second-order valence-corrected chi connectivity index (χ2v) is 6.23. The van der Waals surface area contributed by atoms with Crippen LogP contribution in [0.2, 0.25) is 5.02 Å². The Balaban J connectivity index is 1.77. The summed E-state index contributed by atoms with van der Waals surface area (Å²) >= 11 is 5.76. The SMILES string of the molecule is C[C@H](OC(=O)CCNC(=O)c1ccc(Cl)cc1)C(=O)Nc1ccccc1C#N. The first-order chi connectivity index (χ1) is 13.4. The summed E-state index contributed by atoms with van der Waals surface area (Å²) in [5.41, 5.74) is 1.06. The molecule has 0 unspecified atom stereocenters. The molecule has 0 spiro atoms. The molecule has 2 N–H and O–H groups in total. The van der Waals surface area contributed by atoms with Crippen molar-refractivity contribution in [3.05, 3.63) is 64.7 Å². The summed E-state index contributed by atoms with van der Waals surface area (Å²) in [5, 5.41) is 14.7. The van der Waals surface area contributed by atoms with Crippen molar-refractivity contribution in [2.75, 3.05) is 11.9 Å². The van der Waals surface area contributed by atoms with Crippen LogP contribution in [0.5, 0.6) is 0 Å². The van der Waals surface area contributed by atoms with Gasteiger partial charge in [-0.1, -0.05) is 23.7 Å². The van der Waals surface area contributed by atoms with Crippen LogP contribution >= 0.6 is 11.6 Å². The third-order valence-corrected chi connectivity index (χ3v) is 3.96. The highest BCUT2D eigenvalue weighted by atomic mass is 35.5. The van der Waals surface area contributed by atoms with Crippen LogP contribution in [0.15, 0.2) is 48.5 Å². The Hall–Kier alpha value is -3.37. The molecule has 2 aromatic rings. The highest BCUT2D eigenvalue weighted by molar-refractivity contribution is 6.30. The smallest absolute Gasteiger partial charge is 0.308 e. The molecule has 0 aliphatic heterocycles. The molecule has 0 aliphatic carbocycles. The molecule has 2 rings (SSSR count). The molecule has 1 atom stereocenters. The van der Waals surface area contributed by atoms with Crippen molar-refractivity contribution in [3.8, 4) is 6.07 Å². The Kier molecular flexibility index (Phi) is 7.55. The van der Waals surface area contributed by atoms with Gasteiger partial charge in [0, 0.05) is 17.1 Å². The molecule has 2 amide bonds. The average molecular weight is 400 g/mol. The molecule has 28 heavy (non-hydrogen) atoms. The van der Waals surface area contributed by atoms with E-state index in [1.54, 1.807) is 48.5 Å². The maximum atomic E-state index is 12.1. The Morgan fingerprint density at radius 2 is 1.82 bits per heavy atom. The van der Waals surface area contributed by atoms with Crippen molar-refractivity contribution >= 4 is 35.1 Å². The van der Waals surface area contributed by atoms with Crippen LogP contribution in [-0.4, -0.2) is 30.4 Å². The number of benzene rings is 2. The molecule has 0 bridgehead atoms. The van der Waals surface area contributed by atoms with Gasteiger partial charge in [-0.05, 0) is 43.3 Å². The van der Waals surface area contributed by atoms with Crippen LogP contribution in [0.4, 0.5) is 5.69 Å². The summed E-state index contributed by atoms with van der Waals surface area (Å²) in [4.78, 5) is 35.9. The molecular formula is C20H18ClN3O4. The summed E-state index contributed by atoms with van der Waals surface area (Å²) in [6.07, 6.45) is -1.14. The molecular weight excluding hydrogens is 382 g/mol. The van der Waals surface area contributed by atoms with Gasteiger partial charge < -0.3 is 15.4 Å². The van der Waals surface area contributed by atoms with Crippen LogP contribution in [0.3, 0.4) is 0 Å². The first-order valence-electron chi connectivity index (χ1n) is 8.44. The number of esters is 1. The summed E-state index contributed by atoms with van der Waals surface area (Å²) in [5.74, 6) is -1.53. The van der Waals surface area contributed by atoms with Crippen LogP contribution in [0.25, 0.3) is 0 Å². The second-order valence-electron chi connectivity index (χ2n) is 5.79. The van der Waals surface area contributed by atoms with Gasteiger partial charge >= 0.3 is 5.97 Å². The van der Waals surface area contributed by atoms with Crippen molar-refractivity contribution in [2.45, 2.75) is 19.4 Å². The summed E-state index contributed by atoms with van der Waals surface area (Å²) in [7, 11) is 0. The number of hydrogen-bond donors (Lipinski definition) is 2. The standard InChI is InChI=1S/C20H18ClN3O4/c1-13(19(26)24-17-5-3-2-4-15(17)12-22)28-18(25)10-11-23-20(27)14-6-8-16(21)9-7-14/h2-9,13H,10-11H2,1H3,(H,23,27)(H,24,26)/t13-/m0/s1. The monoisotopic (exact) mass is 399 g/mol. The van der Waals surface area contributed by atoms with Crippen molar-refractivity contribution in [3.63, 3.8) is 0 Å². The van der Waals surface area contributed by atoms with Crippen LogP contribution in [-0.2, 0) is 14.3 Å². The topological polar surface area (TPSA) is 108 Å². The number of rotatable bonds is 7. The number of nitrogens with one attached hydrogen (secondary N) is 2. The number of anilines is 1.